The van der Waals surface area contributed by atoms with Gasteiger partial charge in [0, 0.05) is 6.42 Å². The Kier molecular flexibility index (Phi) is 4.80. The van der Waals surface area contributed by atoms with Gasteiger partial charge in [-0.15, -0.1) is 0 Å². The van der Waals surface area contributed by atoms with E-state index in [9.17, 15) is 26.7 Å². The molecule has 0 saturated carbocycles. The fraction of sp³-hybridized carbons (Fsp3) is 0.158. The van der Waals surface area contributed by atoms with Crippen LogP contribution in [0.4, 0.5) is 27.6 Å². The maximum absolute atomic E-state index is 14.3. The van der Waals surface area contributed by atoms with Crippen LogP contribution in [0.15, 0.2) is 45.9 Å². The van der Waals surface area contributed by atoms with Crippen molar-refractivity contribution in [1.29, 1.82) is 0 Å². The number of aliphatic imine (C=N–C) groups is 1. The smallest absolute Gasteiger partial charge is 0.470 e. The molecule has 0 N–H and O–H groups in total. The lowest BCUT2D eigenvalue weighted by Crippen LogP contribution is -2.23. The van der Waals surface area contributed by atoms with Crippen molar-refractivity contribution in [2.75, 3.05) is 0 Å². The van der Waals surface area contributed by atoms with Gasteiger partial charge in [0.2, 0.25) is 11.6 Å². The number of fused-ring (bicyclic) bond motifs is 1. The zero-order chi connectivity index (χ0) is 21.5. The molecule has 0 saturated heterocycles. The van der Waals surface area contributed by atoms with E-state index in [0.717, 1.165) is 12.1 Å². The molecule has 154 valence electrons. The molecule has 1 aliphatic rings. The van der Waals surface area contributed by atoms with Gasteiger partial charge in [-0.25, -0.2) is 13.8 Å². The van der Waals surface area contributed by atoms with E-state index in [1.54, 1.807) is 6.07 Å². The number of hydrogen-bond donors (Lipinski definition) is 0. The van der Waals surface area contributed by atoms with Gasteiger partial charge in [0.05, 0.1) is 5.56 Å². The number of alkyl halides is 3. The van der Waals surface area contributed by atoms with Gasteiger partial charge in [0.25, 0.3) is 5.90 Å². The molecule has 1 aromatic heterocycles. The first-order chi connectivity index (χ1) is 14.2. The Morgan fingerprint density at radius 1 is 1.10 bits per heavy atom. The number of ether oxygens (including phenoxy) is 1. The van der Waals surface area contributed by atoms with Gasteiger partial charge in [-0.1, -0.05) is 23.4 Å². The Morgan fingerprint density at radius 3 is 2.60 bits per heavy atom. The van der Waals surface area contributed by atoms with Crippen molar-refractivity contribution in [2.24, 2.45) is 4.99 Å². The number of ketones is 1. The Bertz CT molecular complexity index is 1170. The molecule has 11 heteroatoms. The summed E-state index contributed by atoms with van der Waals surface area (Å²) in [5.74, 6) is -4.45. The summed E-state index contributed by atoms with van der Waals surface area (Å²) >= 11 is 0. The third-order valence-corrected chi connectivity index (χ3v) is 4.19. The molecule has 1 aliphatic heterocycles. The number of aromatic nitrogens is 2. The van der Waals surface area contributed by atoms with E-state index in [-0.39, 0.29) is 35.7 Å². The van der Waals surface area contributed by atoms with E-state index >= 15 is 0 Å². The van der Waals surface area contributed by atoms with Crippen LogP contribution in [0.1, 0.15) is 17.0 Å². The zero-order valence-corrected chi connectivity index (χ0v) is 14.8. The third kappa shape index (κ3) is 3.78. The number of nitrogens with zero attached hydrogens (tertiary/aromatic N) is 3. The largest absolute Gasteiger partial charge is 0.471 e. The van der Waals surface area contributed by atoms with Gasteiger partial charge in [0.15, 0.2) is 0 Å². The fourth-order valence-electron chi connectivity index (χ4n) is 2.78. The molecule has 0 atom stereocenters. The molecule has 3 aromatic rings. The highest BCUT2D eigenvalue weighted by Gasteiger charge is 2.38. The van der Waals surface area contributed by atoms with Crippen LogP contribution < -0.4 is 0 Å². The minimum absolute atomic E-state index is 0.00574. The highest BCUT2D eigenvalue weighted by molar-refractivity contribution is 6.38. The summed E-state index contributed by atoms with van der Waals surface area (Å²) in [6, 6.07) is 7.73. The predicted molar refractivity (Wildman–Crippen MR) is 91.7 cm³/mol. The quantitative estimate of drug-likeness (QED) is 0.584. The summed E-state index contributed by atoms with van der Waals surface area (Å²) < 4.78 is 75.2. The molecule has 0 spiro atoms. The van der Waals surface area contributed by atoms with Crippen molar-refractivity contribution < 1.29 is 36.0 Å². The number of carbonyl (C=O) groups is 1. The minimum atomic E-state index is -4.85. The van der Waals surface area contributed by atoms with Crippen LogP contribution in [0.25, 0.3) is 11.4 Å². The van der Waals surface area contributed by atoms with E-state index in [2.05, 4.69) is 19.7 Å². The average Bonchev–Trinajstić information content (AvgIpc) is 3.17. The first-order valence-corrected chi connectivity index (χ1v) is 8.44. The average molecular weight is 423 g/mol. The summed E-state index contributed by atoms with van der Waals surface area (Å²) in [5, 5.41) is 3.13. The minimum Gasteiger partial charge on any atom is -0.470 e. The van der Waals surface area contributed by atoms with Crippen molar-refractivity contribution in [3.63, 3.8) is 0 Å². The monoisotopic (exact) mass is 423 g/mol. The summed E-state index contributed by atoms with van der Waals surface area (Å²) in [6.07, 6.45) is -4.93. The molecule has 0 radical (unpaired) electrons. The second-order valence-corrected chi connectivity index (χ2v) is 6.29. The maximum atomic E-state index is 14.3. The Labute approximate surface area is 165 Å². The summed E-state index contributed by atoms with van der Waals surface area (Å²) in [7, 11) is 0. The molecular weight excluding hydrogens is 413 g/mol. The van der Waals surface area contributed by atoms with Crippen LogP contribution in [0.3, 0.4) is 0 Å². The number of para-hydroxylation sites is 1. The second-order valence-electron chi connectivity index (χ2n) is 6.29. The summed E-state index contributed by atoms with van der Waals surface area (Å²) in [5.41, 5.74) is 0.387. The lowest BCUT2D eigenvalue weighted by molar-refractivity contribution is -0.159. The molecule has 0 fully saturated rings. The molecule has 30 heavy (non-hydrogen) atoms. The highest BCUT2D eigenvalue weighted by atomic mass is 19.4. The standard InChI is InChI=1S/C19H10F5N3O3/c20-12-3-1-2-10-7-14(28)17(25-15(10)12)29-8-9-4-5-11(13(21)6-9)16-26-18(30-27-16)19(22,23)24/h1-6H,7-8H2. The van der Waals surface area contributed by atoms with Gasteiger partial charge in [-0.05, 0) is 29.3 Å². The number of carbonyl (C=O) groups excluding carboxylic acids is 1. The Morgan fingerprint density at radius 2 is 1.90 bits per heavy atom. The molecule has 6 nitrogen and oxygen atoms in total. The van der Waals surface area contributed by atoms with Crippen LogP contribution in [-0.2, 0) is 28.7 Å². The molecule has 2 aromatic carbocycles. The number of hydrogen-bond acceptors (Lipinski definition) is 6. The van der Waals surface area contributed by atoms with Crippen LogP contribution in [0.5, 0.6) is 0 Å². The van der Waals surface area contributed by atoms with Crippen molar-refractivity contribution in [1.82, 2.24) is 10.1 Å². The molecule has 0 bridgehead atoms. The molecule has 0 aliphatic carbocycles. The number of Topliss-reactive ketones (excluding diaryl/α,β-unsaturated/α-hetero) is 1. The lowest BCUT2D eigenvalue weighted by Gasteiger charge is -2.15. The zero-order valence-electron chi connectivity index (χ0n) is 14.8. The first kappa shape index (κ1) is 19.7. The topological polar surface area (TPSA) is 77.6 Å². The molecule has 0 unspecified atom stereocenters. The summed E-state index contributed by atoms with van der Waals surface area (Å²) in [4.78, 5) is 19.1. The fourth-order valence-corrected chi connectivity index (χ4v) is 2.78. The second kappa shape index (κ2) is 7.32. The summed E-state index contributed by atoms with van der Waals surface area (Å²) in [6.45, 7) is -0.272. The lowest BCUT2D eigenvalue weighted by atomic mass is 10.0. The van der Waals surface area contributed by atoms with Crippen molar-refractivity contribution in [2.45, 2.75) is 19.2 Å². The van der Waals surface area contributed by atoms with Crippen molar-refractivity contribution in [3.05, 3.63) is 65.1 Å². The molecule has 0 amide bonds. The van der Waals surface area contributed by atoms with E-state index < -0.39 is 35.3 Å². The Hall–Kier alpha value is -3.63. The van der Waals surface area contributed by atoms with Gasteiger partial charge in [0.1, 0.15) is 23.9 Å². The molecule has 4 rings (SSSR count). The van der Waals surface area contributed by atoms with E-state index in [1.807, 2.05) is 0 Å². The van der Waals surface area contributed by atoms with Gasteiger partial charge in [-0.3, -0.25) is 4.79 Å². The normalized spacial score (nSPS) is 13.8. The van der Waals surface area contributed by atoms with Crippen LogP contribution in [0, 0.1) is 11.6 Å². The SMILES string of the molecule is O=C1Cc2cccc(F)c2N=C1OCc1ccc(-c2noc(C(F)(F)F)n2)c(F)c1. The van der Waals surface area contributed by atoms with Crippen molar-refractivity contribution in [3.8, 4) is 11.4 Å². The number of benzene rings is 2. The highest BCUT2D eigenvalue weighted by Crippen LogP contribution is 2.31. The number of halogens is 5. The van der Waals surface area contributed by atoms with E-state index in [0.29, 0.717) is 5.56 Å². The van der Waals surface area contributed by atoms with E-state index in [4.69, 9.17) is 4.74 Å². The molecule has 2 heterocycles. The molecular formula is C19H10F5N3O3. The third-order valence-electron chi connectivity index (χ3n) is 4.19. The maximum Gasteiger partial charge on any atom is 0.471 e. The van der Waals surface area contributed by atoms with Gasteiger partial charge >= 0.3 is 12.1 Å². The van der Waals surface area contributed by atoms with Crippen LogP contribution in [-0.4, -0.2) is 21.8 Å². The van der Waals surface area contributed by atoms with Crippen molar-refractivity contribution >= 4 is 17.4 Å². The van der Waals surface area contributed by atoms with Gasteiger partial charge < -0.3 is 9.26 Å². The van der Waals surface area contributed by atoms with Crippen LogP contribution >= 0.6 is 0 Å². The first-order valence-electron chi connectivity index (χ1n) is 8.44. The van der Waals surface area contributed by atoms with Gasteiger partial charge in [-0.2, -0.15) is 18.2 Å². The van der Waals surface area contributed by atoms with Crippen LogP contribution in [0.2, 0.25) is 0 Å². The van der Waals surface area contributed by atoms with E-state index in [1.165, 1.54) is 18.2 Å². The number of rotatable bonds is 3. The predicted octanol–water partition coefficient (Wildman–Crippen LogP) is 4.41. The Balaban J connectivity index is 1.51.